The molecule has 124 valence electrons. The van der Waals surface area contributed by atoms with Crippen molar-refractivity contribution in [2.75, 3.05) is 13.6 Å². The van der Waals surface area contributed by atoms with E-state index in [0.717, 1.165) is 10.9 Å². The Morgan fingerprint density at radius 1 is 1.30 bits per heavy atom. The Kier molecular flexibility index (Phi) is 5.36. The molecule has 0 aliphatic heterocycles. The predicted octanol–water partition coefficient (Wildman–Crippen LogP) is 2.43. The lowest BCUT2D eigenvalue weighted by Gasteiger charge is -2.05. The molecule has 0 saturated heterocycles. The fraction of sp³-hybridized carbons (Fsp3) is 0.412. The molecule has 2 rings (SSSR count). The van der Waals surface area contributed by atoms with E-state index in [4.69, 9.17) is 0 Å². The summed E-state index contributed by atoms with van der Waals surface area (Å²) in [4.78, 5) is 26.6. The second-order valence-electron chi connectivity index (χ2n) is 5.51. The van der Waals surface area contributed by atoms with E-state index in [2.05, 4.69) is 15.6 Å². The molecular formula is C17H22FN3O2. The fourth-order valence-corrected chi connectivity index (χ4v) is 2.67. The summed E-state index contributed by atoms with van der Waals surface area (Å²) >= 11 is 0. The molecule has 0 unspecified atom stereocenters. The summed E-state index contributed by atoms with van der Waals surface area (Å²) in [5, 5.41) is 6.17. The molecule has 2 amide bonds. The molecule has 1 heterocycles. The minimum atomic E-state index is -0.309. The minimum absolute atomic E-state index is 0.00365. The first-order valence-corrected chi connectivity index (χ1v) is 7.77. The molecule has 0 saturated carbocycles. The average molecular weight is 319 g/mol. The number of amides is 2. The van der Waals surface area contributed by atoms with E-state index >= 15 is 0 Å². The molecule has 3 N–H and O–H groups in total. The molecular weight excluding hydrogens is 297 g/mol. The van der Waals surface area contributed by atoms with Crippen molar-refractivity contribution < 1.29 is 14.0 Å². The van der Waals surface area contributed by atoms with Crippen molar-refractivity contribution >= 4 is 22.7 Å². The number of halogens is 1. The zero-order valence-corrected chi connectivity index (χ0v) is 13.7. The maximum Gasteiger partial charge on any atom is 0.267 e. The van der Waals surface area contributed by atoms with Crippen molar-refractivity contribution in [3.8, 4) is 0 Å². The van der Waals surface area contributed by atoms with Gasteiger partial charge >= 0.3 is 0 Å². The number of hydrogen-bond acceptors (Lipinski definition) is 2. The van der Waals surface area contributed by atoms with Crippen molar-refractivity contribution in [3.05, 3.63) is 34.8 Å². The van der Waals surface area contributed by atoms with E-state index in [0.29, 0.717) is 42.6 Å². The van der Waals surface area contributed by atoms with Crippen LogP contribution in [0.25, 0.3) is 10.9 Å². The standard InChI is InChI=1S/C17H22FN3O2/c1-4-20-15(22)7-5-6-11-12-8-10(2)13(18)9-14(12)21-16(11)17(23)19-3/h8-9,21H,4-7H2,1-3H3,(H,19,23)(H,20,22). The normalized spacial score (nSPS) is 10.8. The first kappa shape index (κ1) is 17.0. The molecule has 0 fully saturated rings. The van der Waals surface area contributed by atoms with Crippen LogP contribution >= 0.6 is 0 Å². The quantitative estimate of drug-likeness (QED) is 0.765. The largest absolute Gasteiger partial charge is 0.356 e. The summed E-state index contributed by atoms with van der Waals surface area (Å²) < 4.78 is 13.7. The molecule has 0 aliphatic carbocycles. The fourth-order valence-electron chi connectivity index (χ4n) is 2.67. The number of H-pyrrole nitrogens is 1. The number of fused-ring (bicyclic) bond motifs is 1. The van der Waals surface area contributed by atoms with Gasteiger partial charge in [0.2, 0.25) is 5.91 Å². The summed E-state index contributed by atoms with van der Waals surface area (Å²) in [5.74, 6) is -0.556. The molecule has 2 aromatic rings. The maximum atomic E-state index is 13.7. The van der Waals surface area contributed by atoms with Gasteiger partial charge in [-0.2, -0.15) is 0 Å². The van der Waals surface area contributed by atoms with Crippen molar-refractivity contribution in [3.63, 3.8) is 0 Å². The second kappa shape index (κ2) is 7.26. The third-order valence-corrected chi connectivity index (χ3v) is 3.84. The first-order chi connectivity index (χ1) is 11.0. The molecule has 1 aromatic carbocycles. The SMILES string of the molecule is CCNC(=O)CCCc1c(C(=O)NC)[nH]c2cc(F)c(C)cc12. The Morgan fingerprint density at radius 2 is 2.04 bits per heavy atom. The van der Waals surface area contributed by atoms with Gasteiger partial charge in [0.05, 0.1) is 0 Å². The smallest absolute Gasteiger partial charge is 0.267 e. The highest BCUT2D eigenvalue weighted by atomic mass is 19.1. The number of hydrogen-bond donors (Lipinski definition) is 3. The zero-order chi connectivity index (χ0) is 17.0. The van der Waals surface area contributed by atoms with Gasteiger partial charge in [0.25, 0.3) is 5.91 Å². The number of nitrogens with one attached hydrogen (secondary N) is 3. The van der Waals surface area contributed by atoms with Gasteiger partial charge in [-0.1, -0.05) is 0 Å². The monoisotopic (exact) mass is 319 g/mol. The Hall–Kier alpha value is -2.37. The Bertz CT molecular complexity index is 737. The van der Waals surface area contributed by atoms with Gasteiger partial charge in [-0.05, 0) is 49.9 Å². The summed E-state index contributed by atoms with van der Waals surface area (Å²) in [5.41, 5.74) is 2.39. The van der Waals surface area contributed by atoms with Gasteiger partial charge in [0.15, 0.2) is 0 Å². The van der Waals surface area contributed by atoms with E-state index in [1.807, 2.05) is 6.92 Å². The molecule has 0 radical (unpaired) electrons. The van der Waals surface area contributed by atoms with Gasteiger partial charge in [-0.25, -0.2) is 4.39 Å². The van der Waals surface area contributed by atoms with Crippen LogP contribution in [0.5, 0.6) is 0 Å². The topological polar surface area (TPSA) is 74.0 Å². The van der Waals surface area contributed by atoms with Gasteiger partial charge in [-0.15, -0.1) is 0 Å². The molecule has 0 aliphatic rings. The molecule has 0 bridgehead atoms. The zero-order valence-electron chi connectivity index (χ0n) is 13.7. The van der Waals surface area contributed by atoms with Crippen molar-refractivity contribution in [1.29, 1.82) is 0 Å². The van der Waals surface area contributed by atoms with Crippen molar-refractivity contribution in [1.82, 2.24) is 15.6 Å². The number of carbonyl (C=O) groups is 2. The third kappa shape index (κ3) is 3.70. The highest BCUT2D eigenvalue weighted by molar-refractivity contribution is 6.01. The number of benzene rings is 1. The molecule has 0 spiro atoms. The molecule has 5 nitrogen and oxygen atoms in total. The van der Waals surface area contributed by atoms with Crippen LogP contribution in [0, 0.1) is 12.7 Å². The van der Waals surface area contributed by atoms with Crippen LogP contribution in [0.15, 0.2) is 12.1 Å². The second-order valence-corrected chi connectivity index (χ2v) is 5.51. The maximum absolute atomic E-state index is 13.7. The number of rotatable bonds is 6. The van der Waals surface area contributed by atoms with Gasteiger partial charge in [0.1, 0.15) is 11.5 Å². The number of aromatic amines is 1. The van der Waals surface area contributed by atoms with Crippen LogP contribution in [-0.2, 0) is 11.2 Å². The van der Waals surface area contributed by atoms with E-state index in [9.17, 15) is 14.0 Å². The molecule has 23 heavy (non-hydrogen) atoms. The van der Waals surface area contributed by atoms with E-state index in [1.54, 1.807) is 20.0 Å². The summed E-state index contributed by atoms with van der Waals surface area (Å²) in [6.07, 6.45) is 1.60. The third-order valence-electron chi connectivity index (χ3n) is 3.84. The lowest BCUT2D eigenvalue weighted by atomic mass is 10.0. The molecule has 0 atom stereocenters. The number of aromatic nitrogens is 1. The van der Waals surface area contributed by atoms with Gasteiger partial charge < -0.3 is 15.6 Å². The first-order valence-electron chi connectivity index (χ1n) is 7.77. The molecule has 1 aromatic heterocycles. The van der Waals surface area contributed by atoms with Crippen molar-refractivity contribution in [2.45, 2.75) is 33.1 Å². The lowest BCUT2D eigenvalue weighted by Crippen LogP contribution is -2.22. The highest BCUT2D eigenvalue weighted by Crippen LogP contribution is 2.27. The van der Waals surface area contributed by atoms with E-state index < -0.39 is 0 Å². The van der Waals surface area contributed by atoms with Crippen molar-refractivity contribution in [2.24, 2.45) is 0 Å². The average Bonchev–Trinajstić information content (AvgIpc) is 2.85. The van der Waals surface area contributed by atoms with Gasteiger partial charge in [0, 0.05) is 30.9 Å². The Morgan fingerprint density at radius 3 is 2.70 bits per heavy atom. The van der Waals surface area contributed by atoms with E-state index in [1.165, 1.54) is 6.07 Å². The van der Waals surface area contributed by atoms with Crippen LogP contribution in [0.4, 0.5) is 4.39 Å². The Balaban J connectivity index is 2.32. The number of carbonyl (C=O) groups excluding carboxylic acids is 2. The summed E-state index contributed by atoms with van der Waals surface area (Å²) in [6.45, 7) is 4.17. The van der Waals surface area contributed by atoms with Gasteiger partial charge in [-0.3, -0.25) is 9.59 Å². The van der Waals surface area contributed by atoms with Crippen LogP contribution < -0.4 is 10.6 Å². The highest BCUT2D eigenvalue weighted by Gasteiger charge is 2.18. The summed E-state index contributed by atoms with van der Waals surface area (Å²) in [6, 6.07) is 3.15. The Labute approximate surface area is 134 Å². The molecule has 6 heteroatoms. The lowest BCUT2D eigenvalue weighted by molar-refractivity contribution is -0.121. The van der Waals surface area contributed by atoms with Crippen LogP contribution in [0.2, 0.25) is 0 Å². The van der Waals surface area contributed by atoms with E-state index in [-0.39, 0.29) is 17.6 Å². The van der Waals surface area contributed by atoms with Crippen LogP contribution in [0.3, 0.4) is 0 Å². The number of aryl methyl sites for hydroxylation is 2. The van der Waals surface area contributed by atoms with Crippen LogP contribution in [-0.4, -0.2) is 30.4 Å². The van der Waals surface area contributed by atoms with Crippen LogP contribution in [0.1, 0.15) is 41.4 Å². The predicted molar refractivity (Wildman–Crippen MR) is 88.0 cm³/mol. The summed E-state index contributed by atoms with van der Waals surface area (Å²) in [7, 11) is 1.55. The minimum Gasteiger partial charge on any atom is -0.356 e.